The average molecular weight is 282 g/mol. The zero-order valence-corrected chi connectivity index (χ0v) is 12.3. The van der Waals surface area contributed by atoms with Gasteiger partial charge in [-0.25, -0.2) is 4.79 Å². The topological polar surface area (TPSA) is 82.3 Å². The van der Waals surface area contributed by atoms with Gasteiger partial charge >= 0.3 is 6.03 Å². The monoisotopic (exact) mass is 282 g/mol. The van der Waals surface area contributed by atoms with E-state index in [-0.39, 0.29) is 18.0 Å². The van der Waals surface area contributed by atoms with Crippen molar-refractivity contribution in [2.45, 2.75) is 57.0 Å². The highest BCUT2D eigenvalue weighted by Gasteiger charge is 2.43. The normalized spacial score (nSPS) is 22.2. The molecule has 6 heteroatoms. The second kappa shape index (κ2) is 6.92. The predicted molar refractivity (Wildman–Crippen MR) is 77.4 cm³/mol. The van der Waals surface area contributed by atoms with Gasteiger partial charge in [0, 0.05) is 12.6 Å². The van der Waals surface area contributed by atoms with Crippen molar-refractivity contribution >= 4 is 11.9 Å². The van der Waals surface area contributed by atoms with Gasteiger partial charge in [0.2, 0.25) is 5.91 Å². The molecule has 1 saturated carbocycles. The molecule has 20 heavy (non-hydrogen) atoms. The van der Waals surface area contributed by atoms with Crippen LogP contribution in [0.4, 0.5) is 4.79 Å². The van der Waals surface area contributed by atoms with E-state index in [0.717, 1.165) is 51.6 Å². The number of amides is 3. The maximum Gasteiger partial charge on any atom is 0.315 e. The lowest BCUT2D eigenvalue weighted by molar-refractivity contribution is -0.128. The van der Waals surface area contributed by atoms with E-state index in [2.05, 4.69) is 21.3 Å². The summed E-state index contributed by atoms with van der Waals surface area (Å²) in [5.41, 5.74) is -0.704. The van der Waals surface area contributed by atoms with E-state index in [1.165, 1.54) is 0 Å². The van der Waals surface area contributed by atoms with Gasteiger partial charge in [-0.15, -0.1) is 0 Å². The molecule has 3 amide bonds. The zero-order chi connectivity index (χ0) is 14.4. The standard InChI is InChI=1S/C14H26N4O2/c1-2-16-13(20)18-14(7-3-4-8-14)12(19)17-11-5-9-15-10-6-11/h11,15H,2-10H2,1H3,(H,17,19)(H2,16,18,20). The molecule has 0 atom stereocenters. The third-order valence-electron chi connectivity index (χ3n) is 4.26. The van der Waals surface area contributed by atoms with Crippen LogP contribution in [-0.2, 0) is 4.79 Å². The number of hydrogen-bond acceptors (Lipinski definition) is 3. The summed E-state index contributed by atoms with van der Waals surface area (Å²) < 4.78 is 0. The first kappa shape index (κ1) is 15.1. The van der Waals surface area contributed by atoms with Crippen molar-refractivity contribution in [3.05, 3.63) is 0 Å². The van der Waals surface area contributed by atoms with Crippen LogP contribution in [0, 0.1) is 0 Å². The maximum absolute atomic E-state index is 12.6. The van der Waals surface area contributed by atoms with E-state index in [9.17, 15) is 9.59 Å². The highest BCUT2D eigenvalue weighted by molar-refractivity contribution is 5.91. The van der Waals surface area contributed by atoms with E-state index in [1.807, 2.05) is 6.92 Å². The molecule has 0 aromatic rings. The third-order valence-corrected chi connectivity index (χ3v) is 4.26. The Morgan fingerprint density at radius 3 is 2.45 bits per heavy atom. The Labute approximate surface area is 120 Å². The zero-order valence-electron chi connectivity index (χ0n) is 12.3. The first-order chi connectivity index (χ1) is 9.66. The Morgan fingerprint density at radius 2 is 1.85 bits per heavy atom. The van der Waals surface area contributed by atoms with Crippen molar-refractivity contribution in [1.29, 1.82) is 0 Å². The van der Waals surface area contributed by atoms with Crippen LogP contribution in [0.2, 0.25) is 0 Å². The van der Waals surface area contributed by atoms with Crippen LogP contribution >= 0.6 is 0 Å². The smallest absolute Gasteiger partial charge is 0.315 e. The fourth-order valence-electron chi connectivity index (χ4n) is 3.10. The minimum atomic E-state index is -0.704. The van der Waals surface area contributed by atoms with Crippen molar-refractivity contribution in [2.24, 2.45) is 0 Å². The van der Waals surface area contributed by atoms with Crippen LogP contribution in [0.3, 0.4) is 0 Å². The molecule has 2 aliphatic rings. The van der Waals surface area contributed by atoms with Gasteiger partial charge in [-0.2, -0.15) is 0 Å². The lowest BCUT2D eigenvalue weighted by atomic mass is 9.95. The molecule has 0 spiro atoms. The first-order valence-electron chi connectivity index (χ1n) is 7.74. The molecule has 1 aliphatic carbocycles. The van der Waals surface area contributed by atoms with Crippen molar-refractivity contribution in [2.75, 3.05) is 19.6 Å². The number of hydrogen-bond donors (Lipinski definition) is 4. The number of carbonyl (C=O) groups is 2. The van der Waals surface area contributed by atoms with Crippen molar-refractivity contribution in [3.63, 3.8) is 0 Å². The Kier molecular flexibility index (Phi) is 5.23. The summed E-state index contributed by atoms with van der Waals surface area (Å²) >= 11 is 0. The van der Waals surface area contributed by atoms with Crippen molar-refractivity contribution in [3.8, 4) is 0 Å². The minimum Gasteiger partial charge on any atom is -0.351 e. The molecule has 1 heterocycles. The number of rotatable bonds is 4. The van der Waals surface area contributed by atoms with E-state index < -0.39 is 5.54 Å². The molecule has 0 radical (unpaired) electrons. The van der Waals surface area contributed by atoms with E-state index in [4.69, 9.17) is 0 Å². The van der Waals surface area contributed by atoms with Gasteiger partial charge in [0.1, 0.15) is 5.54 Å². The second-order valence-corrected chi connectivity index (χ2v) is 5.77. The molecule has 0 aromatic heterocycles. The summed E-state index contributed by atoms with van der Waals surface area (Å²) in [4.78, 5) is 24.4. The highest BCUT2D eigenvalue weighted by Crippen LogP contribution is 2.30. The molecule has 114 valence electrons. The molecule has 6 nitrogen and oxygen atoms in total. The number of urea groups is 1. The molecule has 1 saturated heterocycles. The van der Waals surface area contributed by atoms with Crippen LogP contribution in [0.1, 0.15) is 45.4 Å². The minimum absolute atomic E-state index is 0.00634. The van der Waals surface area contributed by atoms with Crippen molar-refractivity contribution in [1.82, 2.24) is 21.3 Å². The molecule has 2 fully saturated rings. The van der Waals surface area contributed by atoms with Gasteiger partial charge in [-0.05, 0) is 45.7 Å². The first-order valence-corrected chi connectivity index (χ1v) is 7.74. The van der Waals surface area contributed by atoms with Gasteiger partial charge in [0.05, 0.1) is 0 Å². The predicted octanol–water partition coefficient (Wildman–Crippen LogP) is 0.487. The van der Waals surface area contributed by atoms with E-state index >= 15 is 0 Å². The Hall–Kier alpha value is -1.30. The summed E-state index contributed by atoms with van der Waals surface area (Å²) in [5, 5.41) is 12.0. The van der Waals surface area contributed by atoms with Crippen LogP contribution in [0.5, 0.6) is 0 Å². The molecular formula is C14H26N4O2. The summed E-state index contributed by atoms with van der Waals surface area (Å²) in [6.45, 7) is 4.33. The fraction of sp³-hybridized carbons (Fsp3) is 0.857. The number of nitrogens with one attached hydrogen (secondary N) is 4. The summed E-state index contributed by atoms with van der Waals surface area (Å²) in [6.07, 6.45) is 5.38. The highest BCUT2D eigenvalue weighted by atomic mass is 16.2. The quantitative estimate of drug-likeness (QED) is 0.605. The van der Waals surface area contributed by atoms with Gasteiger partial charge in [-0.1, -0.05) is 12.8 Å². The fourth-order valence-corrected chi connectivity index (χ4v) is 3.10. The van der Waals surface area contributed by atoms with Crippen LogP contribution in [0.25, 0.3) is 0 Å². The van der Waals surface area contributed by atoms with Crippen molar-refractivity contribution < 1.29 is 9.59 Å². The lowest BCUT2D eigenvalue weighted by Gasteiger charge is -2.32. The van der Waals surface area contributed by atoms with Gasteiger partial charge in [-0.3, -0.25) is 4.79 Å². The Morgan fingerprint density at radius 1 is 1.20 bits per heavy atom. The van der Waals surface area contributed by atoms with Gasteiger partial charge < -0.3 is 21.3 Å². The largest absolute Gasteiger partial charge is 0.351 e. The van der Waals surface area contributed by atoms with Crippen LogP contribution in [0.15, 0.2) is 0 Å². The summed E-state index contributed by atoms with van der Waals surface area (Å²) in [6, 6.07) is -0.00729. The average Bonchev–Trinajstić information content (AvgIpc) is 2.90. The molecule has 0 unspecified atom stereocenters. The summed E-state index contributed by atoms with van der Waals surface area (Å²) in [7, 11) is 0. The number of piperidine rings is 1. The lowest BCUT2D eigenvalue weighted by Crippen LogP contribution is -2.61. The Bertz CT molecular complexity index is 347. The van der Waals surface area contributed by atoms with E-state index in [1.54, 1.807) is 0 Å². The molecule has 1 aliphatic heterocycles. The van der Waals surface area contributed by atoms with Crippen LogP contribution < -0.4 is 21.3 Å². The Balaban J connectivity index is 1.95. The molecule has 0 aromatic carbocycles. The maximum atomic E-state index is 12.6. The second-order valence-electron chi connectivity index (χ2n) is 5.77. The summed E-state index contributed by atoms with van der Waals surface area (Å²) in [5.74, 6) is -0.00634. The molecule has 0 bridgehead atoms. The molecule has 2 rings (SSSR count). The SMILES string of the molecule is CCNC(=O)NC1(C(=O)NC2CCNCC2)CCCC1. The number of carbonyl (C=O) groups excluding carboxylic acids is 2. The third kappa shape index (κ3) is 3.62. The van der Waals surface area contributed by atoms with E-state index in [0.29, 0.717) is 6.54 Å². The molecular weight excluding hydrogens is 256 g/mol. The van der Waals surface area contributed by atoms with Gasteiger partial charge in [0.15, 0.2) is 0 Å². The molecule has 4 N–H and O–H groups in total. The van der Waals surface area contributed by atoms with Crippen LogP contribution in [-0.4, -0.2) is 43.2 Å². The van der Waals surface area contributed by atoms with Gasteiger partial charge in [0.25, 0.3) is 0 Å².